The zero-order chi connectivity index (χ0) is 12.0. The Kier molecular flexibility index (Phi) is 2.02. The van der Waals surface area contributed by atoms with Crippen molar-refractivity contribution in [2.45, 2.75) is 0 Å². The minimum absolute atomic E-state index is 0.0218. The van der Waals surface area contributed by atoms with Crippen LogP contribution in [-0.2, 0) is 0 Å². The number of H-pyrrole nitrogens is 1. The van der Waals surface area contributed by atoms with Crippen molar-refractivity contribution in [1.29, 1.82) is 0 Å². The summed E-state index contributed by atoms with van der Waals surface area (Å²) in [6.07, 6.45) is 0. The van der Waals surface area contributed by atoms with Crippen LogP contribution in [0.4, 0.5) is 0 Å². The van der Waals surface area contributed by atoms with Crippen molar-refractivity contribution in [2.75, 3.05) is 0 Å². The van der Waals surface area contributed by atoms with Gasteiger partial charge in [0.1, 0.15) is 11.1 Å². The zero-order valence-corrected chi connectivity index (χ0v) is 9.12. The second-order valence-electron chi connectivity index (χ2n) is 3.52. The molecule has 17 heavy (non-hydrogen) atoms. The van der Waals surface area contributed by atoms with Gasteiger partial charge in [0.15, 0.2) is 0 Å². The number of nitrogens with zero attached hydrogens (tertiary/aromatic N) is 1. The van der Waals surface area contributed by atoms with Crippen molar-refractivity contribution in [3.05, 3.63) is 50.1 Å². The van der Waals surface area contributed by atoms with E-state index in [9.17, 15) is 9.59 Å². The molecule has 0 unspecified atom stereocenters. The van der Waals surface area contributed by atoms with Gasteiger partial charge in [0.25, 0.3) is 5.56 Å². The summed E-state index contributed by atoms with van der Waals surface area (Å²) < 4.78 is 5.37. The Morgan fingerprint density at radius 1 is 1.24 bits per heavy atom. The monoisotopic (exact) mass is 248 g/mol. The third kappa shape index (κ3) is 1.60. The van der Waals surface area contributed by atoms with Crippen LogP contribution in [0.25, 0.3) is 22.4 Å². The van der Waals surface area contributed by atoms with E-state index >= 15 is 0 Å². The van der Waals surface area contributed by atoms with E-state index in [-0.39, 0.29) is 11.5 Å². The predicted molar refractivity (Wildman–Crippen MR) is 62.5 cm³/mol. The molecule has 0 amide bonds. The Labute approximate surface area is 99.0 Å². The van der Waals surface area contributed by atoms with E-state index in [4.69, 9.17) is 16.0 Å². The topological polar surface area (TPSA) is 76.0 Å². The standard InChI is InChI=1S/C11H5ClN2O3/c12-6-1-2-8-5(3-6)4-7-9(15)13-11(16)14-10(7)17-8/h1-4H,(H,13,15,16). The molecule has 0 aliphatic carbocycles. The molecule has 2 heterocycles. The molecule has 2 aliphatic rings. The second-order valence-corrected chi connectivity index (χ2v) is 3.95. The third-order valence-electron chi connectivity index (χ3n) is 2.38. The Bertz CT molecular complexity index is 806. The van der Waals surface area contributed by atoms with Crippen LogP contribution in [0.5, 0.6) is 0 Å². The number of rotatable bonds is 0. The van der Waals surface area contributed by atoms with Crippen molar-refractivity contribution in [1.82, 2.24) is 9.97 Å². The molecule has 84 valence electrons. The average Bonchev–Trinajstić information content (AvgIpc) is 2.27. The molecule has 1 N–H and O–H groups in total. The summed E-state index contributed by atoms with van der Waals surface area (Å²) in [6, 6.07) is 6.57. The van der Waals surface area contributed by atoms with Crippen LogP contribution < -0.4 is 11.2 Å². The minimum Gasteiger partial charge on any atom is -0.437 e. The Morgan fingerprint density at radius 2 is 2.06 bits per heavy atom. The van der Waals surface area contributed by atoms with Crippen LogP contribution in [0.3, 0.4) is 0 Å². The first-order valence-electron chi connectivity index (χ1n) is 4.77. The fraction of sp³-hybridized carbons (Fsp3) is 0. The van der Waals surface area contributed by atoms with Gasteiger partial charge in [0.2, 0.25) is 5.89 Å². The molecule has 5 nitrogen and oxygen atoms in total. The van der Waals surface area contributed by atoms with E-state index in [1.807, 2.05) is 0 Å². The Hall–Kier alpha value is -2.14. The summed E-state index contributed by atoms with van der Waals surface area (Å²) >= 11 is 5.84. The van der Waals surface area contributed by atoms with E-state index in [0.717, 1.165) is 0 Å². The van der Waals surface area contributed by atoms with Crippen molar-refractivity contribution in [2.24, 2.45) is 0 Å². The summed E-state index contributed by atoms with van der Waals surface area (Å²) in [5.74, 6) is 0.0218. The normalized spacial score (nSPS) is 11.1. The summed E-state index contributed by atoms with van der Waals surface area (Å²) in [5, 5.41) is 1.22. The van der Waals surface area contributed by atoms with Gasteiger partial charge in [0, 0.05) is 10.4 Å². The molecule has 0 aromatic heterocycles. The molecule has 3 rings (SSSR count). The number of hydrogen-bond acceptors (Lipinski definition) is 4. The molecule has 0 radical (unpaired) electrons. The van der Waals surface area contributed by atoms with E-state index in [2.05, 4.69) is 9.97 Å². The molecule has 0 saturated carbocycles. The van der Waals surface area contributed by atoms with Crippen LogP contribution in [0, 0.1) is 0 Å². The van der Waals surface area contributed by atoms with Crippen molar-refractivity contribution >= 4 is 22.6 Å². The molecule has 1 aromatic carbocycles. The van der Waals surface area contributed by atoms with E-state index in [1.165, 1.54) is 0 Å². The van der Waals surface area contributed by atoms with Gasteiger partial charge < -0.3 is 4.42 Å². The van der Waals surface area contributed by atoms with Gasteiger partial charge in [-0.25, -0.2) is 4.79 Å². The maximum absolute atomic E-state index is 11.5. The highest BCUT2D eigenvalue weighted by Gasteiger charge is 2.13. The van der Waals surface area contributed by atoms with Crippen LogP contribution in [0.15, 0.2) is 38.3 Å². The number of aromatic nitrogens is 2. The highest BCUT2D eigenvalue weighted by molar-refractivity contribution is 6.31. The third-order valence-corrected chi connectivity index (χ3v) is 2.61. The van der Waals surface area contributed by atoms with E-state index < -0.39 is 11.2 Å². The fourth-order valence-electron chi connectivity index (χ4n) is 1.63. The lowest BCUT2D eigenvalue weighted by molar-refractivity contribution is 0.592. The van der Waals surface area contributed by atoms with Crippen LogP contribution in [0.2, 0.25) is 5.02 Å². The lowest BCUT2D eigenvalue weighted by atomic mass is 10.2. The first kappa shape index (κ1) is 10.0. The molecule has 2 aliphatic heterocycles. The molecule has 1 aromatic rings. The number of fused-ring (bicyclic) bond motifs is 2. The van der Waals surface area contributed by atoms with E-state index in [0.29, 0.717) is 16.0 Å². The Morgan fingerprint density at radius 3 is 2.88 bits per heavy atom. The highest BCUT2D eigenvalue weighted by Crippen LogP contribution is 2.25. The first-order chi connectivity index (χ1) is 8.13. The molecule has 0 bridgehead atoms. The molecular weight excluding hydrogens is 244 g/mol. The lowest BCUT2D eigenvalue weighted by Crippen LogP contribution is -2.24. The van der Waals surface area contributed by atoms with Gasteiger partial charge in [0.05, 0.1) is 0 Å². The molecule has 0 atom stereocenters. The Balaban J connectivity index is 2.53. The van der Waals surface area contributed by atoms with Gasteiger partial charge >= 0.3 is 5.69 Å². The minimum atomic E-state index is -0.723. The second kappa shape index (κ2) is 3.43. The maximum Gasteiger partial charge on any atom is 0.351 e. The molecule has 0 saturated heterocycles. The summed E-state index contributed by atoms with van der Waals surface area (Å²) in [6.45, 7) is 0. The number of aromatic amines is 1. The van der Waals surface area contributed by atoms with Gasteiger partial charge in [-0.3, -0.25) is 9.78 Å². The maximum atomic E-state index is 11.5. The van der Waals surface area contributed by atoms with Crippen molar-refractivity contribution < 1.29 is 4.42 Å². The molecule has 0 spiro atoms. The van der Waals surface area contributed by atoms with E-state index in [1.54, 1.807) is 24.3 Å². The number of hydrogen-bond donors (Lipinski definition) is 1. The van der Waals surface area contributed by atoms with Crippen LogP contribution in [-0.4, -0.2) is 9.97 Å². The first-order valence-corrected chi connectivity index (χ1v) is 5.15. The molecular formula is C11H5ClN2O3. The predicted octanol–water partition coefficient (Wildman–Crippen LogP) is 1.63. The quantitative estimate of drug-likeness (QED) is 0.614. The zero-order valence-electron chi connectivity index (χ0n) is 8.36. The highest BCUT2D eigenvalue weighted by atomic mass is 35.5. The number of nitrogens with one attached hydrogen (secondary N) is 1. The number of halogens is 1. The van der Waals surface area contributed by atoms with Gasteiger partial charge in [-0.2, -0.15) is 4.98 Å². The summed E-state index contributed by atoms with van der Waals surface area (Å²) in [4.78, 5) is 28.3. The van der Waals surface area contributed by atoms with Crippen LogP contribution in [0.1, 0.15) is 0 Å². The summed E-state index contributed by atoms with van der Waals surface area (Å²) in [5.41, 5.74) is -0.510. The van der Waals surface area contributed by atoms with Gasteiger partial charge in [-0.15, -0.1) is 0 Å². The molecule has 6 heteroatoms. The smallest absolute Gasteiger partial charge is 0.351 e. The van der Waals surface area contributed by atoms with Gasteiger partial charge in [-0.05, 0) is 24.3 Å². The average molecular weight is 249 g/mol. The van der Waals surface area contributed by atoms with Crippen molar-refractivity contribution in [3.8, 4) is 11.5 Å². The summed E-state index contributed by atoms with van der Waals surface area (Å²) in [7, 11) is 0. The number of benzene rings is 1. The lowest BCUT2D eigenvalue weighted by Gasteiger charge is -2.04. The SMILES string of the molecule is O=c1nc2oc3ccc(Cl)cc3cc-2c(=O)[nH]1. The van der Waals surface area contributed by atoms with Gasteiger partial charge in [-0.1, -0.05) is 11.6 Å². The fourth-order valence-corrected chi connectivity index (χ4v) is 1.81. The molecule has 0 fully saturated rings. The largest absolute Gasteiger partial charge is 0.437 e. The van der Waals surface area contributed by atoms with Crippen molar-refractivity contribution in [3.63, 3.8) is 0 Å². The van der Waals surface area contributed by atoms with Crippen LogP contribution >= 0.6 is 11.6 Å².